The number of hydrogen-bond acceptors (Lipinski definition) is 4. The van der Waals surface area contributed by atoms with Gasteiger partial charge in [0.25, 0.3) is 5.91 Å². The van der Waals surface area contributed by atoms with Gasteiger partial charge in [0.15, 0.2) is 0 Å². The smallest absolute Gasteiger partial charge is 0.416 e. The number of anilines is 1. The number of rotatable bonds is 5. The molecule has 0 bridgehead atoms. The second-order valence-corrected chi connectivity index (χ2v) is 6.85. The molecule has 0 saturated heterocycles. The van der Waals surface area contributed by atoms with Gasteiger partial charge in [-0.25, -0.2) is 0 Å². The molecule has 3 aromatic rings. The summed E-state index contributed by atoms with van der Waals surface area (Å²) in [5, 5.41) is 13.9. The van der Waals surface area contributed by atoms with Crippen LogP contribution in [0.1, 0.15) is 15.9 Å². The standard InChI is InChI=1S/C20H12BrF3N2O4/c21-15-3-1-2-4-16(15)25-19(27)12-5-8-14(9-6-12)30-18-10-7-13(20(22,23)24)11-17(18)26(28)29/h1-11H,(H,25,27). The molecule has 10 heteroatoms. The highest BCUT2D eigenvalue weighted by Crippen LogP contribution is 2.37. The second kappa shape index (κ2) is 8.54. The van der Waals surface area contributed by atoms with E-state index < -0.39 is 28.3 Å². The number of halogens is 4. The number of carbonyl (C=O) groups excluding carboxylic acids is 1. The summed E-state index contributed by atoms with van der Waals surface area (Å²) in [7, 11) is 0. The van der Waals surface area contributed by atoms with Crippen LogP contribution in [0.2, 0.25) is 0 Å². The Hall–Kier alpha value is -3.40. The van der Waals surface area contributed by atoms with Gasteiger partial charge in [0.1, 0.15) is 5.75 Å². The van der Waals surface area contributed by atoms with Crippen molar-refractivity contribution in [2.45, 2.75) is 6.18 Å². The maximum Gasteiger partial charge on any atom is 0.416 e. The van der Waals surface area contributed by atoms with Gasteiger partial charge < -0.3 is 10.1 Å². The van der Waals surface area contributed by atoms with Crippen LogP contribution < -0.4 is 10.1 Å². The molecule has 0 aromatic heterocycles. The van der Waals surface area contributed by atoms with E-state index >= 15 is 0 Å². The second-order valence-electron chi connectivity index (χ2n) is 6.00. The first-order valence-corrected chi connectivity index (χ1v) is 9.14. The molecule has 30 heavy (non-hydrogen) atoms. The monoisotopic (exact) mass is 480 g/mol. The Labute approximate surface area is 176 Å². The van der Waals surface area contributed by atoms with Gasteiger partial charge in [-0.1, -0.05) is 12.1 Å². The topological polar surface area (TPSA) is 81.5 Å². The summed E-state index contributed by atoms with van der Waals surface area (Å²) in [5.41, 5.74) is -1.11. The number of benzene rings is 3. The van der Waals surface area contributed by atoms with Gasteiger partial charge in [0.2, 0.25) is 5.75 Å². The van der Waals surface area contributed by atoms with E-state index in [2.05, 4.69) is 21.2 Å². The average Bonchev–Trinajstić information content (AvgIpc) is 2.69. The summed E-state index contributed by atoms with van der Waals surface area (Å²) in [6.45, 7) is 0. The summed E-state index contributed by atoms with van der Waals surface area (Å²) >= 11 is 3.32. The maximum atomic E-state index is 12.8. The molecular formula is C20H12BrF3N2O4. The SMILES string of the molecule is O=C(Nc1ccccc1Br)c1ccc(Oc2ccc(C(F)(F)F)cc2[N+](=O)[O-])cc1. The van der Waals surface area contributed by atoms with E-state index in [1.54, 1.807) is 24.3 Å². The van der Waals surface area contributed by atoms with E-state index in [1.165, 1.54) is 24.3 Å². The van der Waals surface area contributed by atoms with Crippen molar-refractivity contribution in [2.24, 2.45) is 0 Å². The Morgan fingerprint density at radius 3 is 2.30 bits per heavy atom. The molecule has 0 aliphatic rings. The van der Waals surface area contributed by atoms with E-state index in [1.807, 2.05) is 0 Å². The molecule has 154 valence electrons. The molecule has 0 unspecified atom stereocenters. The summed E-state index contributed by atoms with van der Waals surface area (Å²) < 4.78 is 44.4. The summed E-state index contributed by atoms with van der Waals surface area (Å²) in [6, 6.07) is 14.7. The van der Waals surface area contributed by atoms with Crippen LogP contribution in [-0.4, -0.2) is 10.8 Å². The number of para-hydroxylation sites is 1. The van der Waals surface area contributed by atoms with E-state index in [0.29, 0.717) is 27.9 Å². The highest BCUT2D eigenvalue weighted by Gasteiger charge is 2.33. The van der Waals surface area contributed by atoms with Gasteiger partial charge in [-0.05, 0) is 64.5 Å². The van der Waals surface area contributed by atoms with Crippen LogP contribution in [-0.2, 0) is 6.18 Å². The lowest BCUT2D eigenvalue weighted by atomic mass is 10.1. The van der Waals surface area contributed by atoms with Gasteiger partial charge in [-0.15, -0.1) is 0 Å². The number of nitro benzene ring substituents is 1. The first-order chi connectivity index (χ1) is 14.1. The normalized spacial score (nSPS) is 11.1. The van der Waals surface area contributed by atoms with Crippen LogP contribution in [0, 0.1) is 10.1 Å². The number of ether oxygens (including phenoxy) is 1. The molecule has 0 aliphatic heterocycles. The number of amides is 1. The predicted octanol–water partition coefficient (Wildman–Crippen LogP) is 6.42. The Bertz CT molecular complexity index is 1100. The highest BCUT2D eigenvalue weighted by molar-refractivity contribution is 9.10. The van der Waals surface area contributed by atoms with Gasteiger partial charge in [0, 0.05) is 16.1 Å². The lowest BCUT2D eigenvalue weighted by Gasteiger charge is -2.11. The highest BCUT2D eigenvalue weighted by atomic mass is 79.9. The van der Waals surface area contributed by atoms with Gasteiger partial charge >= 0.3 is 11.9 Å². The first-order valence-electron chi connectivity index (χ1n) is 8.34. The molecule has 0 atom stereocenters. The number of alkyl halides is 3. The Morgan fingerprint density at radius 1 is 1.03 bits per heavy atom. The molecule has 3 aromatic carbocycles. The van der Waals surface area contributed by atoms with Crippen molar-refractivity contribution in [3.63, 3.8) is 0 Å². The van der Waals surface area contributed by atoms with E-state index in [-0.39, 0.29) is 11.5 Å². The molecule has 1 amide bonds. The van der Waals surface area contributed by atoms with Crippen molar-refractivity contribution in [2.75, 3.05) is 5.32 Å². The third-order valence-electron chi connectivity index (χ3n) is 3.95. The van der Waals surface area contributed by atoms with Crippen molar-refractivity contribution in [1.82, 2.24) is 0 Å². The minimum absolute atomic E-state index is 0.121. The minimum atomic E-state index is -4.72. The molecule has 1 N–H and O–H groups in total. The summed E-state index contributed by atoms with van der Waals surface area (Å²) in [4.78, 5) is 22.5. The zero-order valence-corrected chi connectivity index (χ0v) is 16.5. The number of nitro groups is 1. The van der Waals surface area contributed by atoms with E-state index in [0.717, 1.165) is 6.07 Å². The fourth-order valence-electron chi connectivity index (χ4n) is 2.48. The molecule has 0 radical (unpaired) electrons. The summed E-state index contributed by atoms with van der Waals surface area (Å²) in [6.07, 6.45) is -4.72. The molecule has 0 spiro atoms. The zero-order valence-electron chi connectivity index (χ0n) is 14.9. The van der Waals surface area contributed by atoms with Gasteiger partial charge in [-0.2, -0.15) is 13.2 Å². The first kappa shape index (κ1) is 21.3. The van der Waals surface area contributed by atoms with Crippen LogP contribution in [0.4, 0.5) is 24.5 Å². The van der Waals surface area contributed by atoms with Gasteiger partial charge in [-0.3, -0.25) is 14.9 Å². The van der Waals surface area contributed by atoms with Crippen molar-refractivity contribution in [3.05, 3.63) is 92.4 Å². The Balaban J connectivity index is 1.78. The van der Waals surface area contributed by atoms with Crippen LogP contribution in [0.15, 0.2) is 71.2 Å². The number of carbonyl (C=O) groups is 1. The van der Waals surface area contributed by atoms with Crippen molar-refractivity contribution >= 4 is 33.2 Å². The molecule has 0 fully saturated rings. The Kier molecular flexibility index (Phi) is 6.06. The average molecular weight is 481 g/mol. The van der Waals surface area contributed by atoms with Crippen molar-refractivity contribution in [1.29, 1.82) is 0 Å². The summed E-state index contributed by atoms with van der Waals surface area (Å²) in [5.74, 6) is -0.623. The Morgan fingerprint density at radius 2 is 1.70 bits per heavy atom. The van der Waals surface area contributed by atoms with Crippen molar-refractivity contribution < 1.29 is 27.6 Å². The quantitative estimate of drug-likeness (QED) is 0.337. The fourth-order valence-corrected chi connectivity index (χ4v) is 2.86. The van der Waals surface area contributed by atoms with Crippen LogP contribution in [0.25, 0.3) is 0 Å². The predicted molar refractivity (Wildman–Crippen MR) is 107 cm³/mol. The lowest BCUT2D eigenvalue weighted by Crippen LogP contribution is -2.12. The molecule has 0 saturated carbocycles. The molecule has 0 aliphatic carbocycles. The van der Waals surface area contributed by atoms with E-state index in [9.17, 15) is 28.1 Å². The van der Waals surface area contributed by atoms with Crippen LogP contribution >= 0.6 is 15.9 Å². The third kappa shape index (κ3) is 4.95. The molecule has 0 heterocycles. The zero-order chi connectivity index (χ0) is 21.9. The minimum Gasteiger partial charge on any atom is -0.450 e. The molecule has 3 rings (SSSR count). The van der Waals surface area contributed by atoms with Crippen molar-refractivity contribution in [3.8, 4) is 11.5 Å². The van der Waals surface area contributed by atoms with Gasteiger partial charge in [0.05, 0.1) is 16.2 Å². The van der Waals surface area contributed by atoms with E-state index in [4.69, 9.17) is 4.74 Å². The fraction of sp³-hybridized carbons (Fsp3) is 0.0500. The lowest BCUT2D eigenvalue weighted by molar-refractivity contribution is -0.385. The number of nitrogens with zero attached hydrogens (tertiary/aromatic N) is 1. The number of hydrogen-bond donors (Lipinski definition) is 1. The molecule has 6 nitrogen and oxygen atoms in total. The third-order valence-corrected chi connectivity index (χ3v) is 4.64. The largest absolute Gasteiger partial charge is 0.450 e. The van der Waals surface area contributed by atoms with Crippen LogP contribution in [0.3, 0.4) is 0 Å². The maximum absolute atomic E-state index is 12.8. The number of nitrogens with one attached hydrogen (secondary N) is 1. The molecular weight excluding hydrogens is 469 g/mol. The van der Waals surface area contributed by atoms with Crippen LogP contribution in [0.5, 0.6) is 11.5 Å².